The van der Waals surface area contributed by atoms with Gasteiger partial charge in [-0.1, -0.05) is 0 Å². The van der Waals surface area contributed by atoms with Gasteiger partial charge < -0.3 is 15.3 Å². The fourth-order valence-corrected chi connectivity index (χ4v) is 4.26. The third kappa shape index (κ3) is 3.84. The number of hydrogen-bond acceptors (Lipinski definition) is 4. The molecule has 8 heteroatoms. The molecule has 0 aromatic rings. The summed E-state index contributed by atoms with van der Waals surface area (Å²) in [5, 5.41) is 11.7. The zero-order valence-corrected chi connectivity index (χ0v) is 12.2. The lowest BCUT2D eigenvalue weighted by atomic mass is 10.2. The molecular formula is C12H20N2O5S. The highest BCUT2D eigenvalue weighted by Gasteiger charge is 2.37. The molecule has 0 spiro atoms. The molecule has 2 amide bonds. The SMILES string of the molecule is CC(NC(=O)N(CC(=O)O)C1CCS(=O)(=O)C1)C1CC1. The minimum absolute atomic E-state index is 0.00296. The van der Waals surface area contributed by atoms with Gasteiger partial charge in [0.25, 0.3) is 0 Å². The van der Waals surface area contributed by atoms with Crippen LogP contribution in [0.2, 0.25) is 0 Å². The van der Waals surface area contributed by atoms with Crippen molar-refractivity contribution in [2.75, 3.05) is 18.1 Å². The Hall–Kier alpha value is -1.31. The molecule has 2 N–H and O–H groups in total. The summed E-state index contributed by atoms with van der Waals surface area (Å²) in [4.78, 5) is 24.2. The molecule has 2 atom stereocenters. The average Bonchev–Trinajstić information content (AvgIpc) is 3.10. The summed E-state index contributed by atoms with van der Waals surface area (Å²) in [6.07, 6.45) is 2.44. The van der Waals surface area contributed by atoms with E-state index in [0.29, 0.717) is 12.3 Å². The summed E-state index contributed by atoms with van der Waals surface area (Å²) >= 11 is 0. The van der Waals surface area contributed by atoms with Crippen molar-refractivity contribution >= 4 is 21.8 Å². The third-order valence-corrected chi connectivity index (χ3v) is 5.65. The second-order valence-electron chi connectivity index (χ2n) is 5.65. The number of carboxylic acid groups (broad SMARTS) is 1. The molecule has 0 aromatic carbocycles. The van der Waals surface area contributed by atoms with E-state index in [1.54, 1.807) is 0 Å². The molecule has 20 heavy (non-hydrogen) atoms. The first-order chi connectivity index (χ1) is 9.28. The zero-order chi connectivity index (χ0) is 14.9. The zero-order valence-electron chi connectivity index (χ0n) is 11.4. The molecule has 1 heterocycles. The summed E-state index contributed by atoms with van der Waals surface area (Å²) in [5.74, 6) is -0.813. The summed E-state index contributed by atoms with van der Waals surface area (Å²) in [5.41, 5.74) is 0. The first kappa shape index (κ1) is 15.1. The van der Waals surface area contributed by atoms with Crippen molar-refractivity contribution in [2.45, 2.75) is 38.3 Å². The lowest BCUT2D eigenvalue weighted by molar-refractivity contribution is -0.138. The second kappa shape index (κ2) is 5.59. The van der Waals surface area contributed by atoms with Gasteiger partial charge in [0, 0.05) is 12.1 Å². The van der Waals surface area contributed by atoms with E-state index >= 15 is 0 Å². The van der Waals surface area contributed by atoms with E-state index < -0.39 is 34.4 Å². The molecule has 1 aliphatic carbocycles. The van der Waals surface area contributed by atoms with Crippen molar-refractivity contribution in [3.8, 4) is 0 Å². The summed E-state index contributed by atoms with van der Waals surface area (Å²) in [6, 6.07) is -1.02. The Bertz CT molecular complexity index is 500. The monoisotopic (exact) mass is 304 g/mol. The first-order valence-corrected chi connectivity index (χ1v) is 8.60. The molecule has 2 rings (SSSR count). The highest BCUT2D eigenvalue weighted by Crippen LogP contribution is 2.32. The van der Waals surface area contributed by atoms with Gasteiger partial charge in [0.2, 0.25) is 0 Å². The summed E-state index contributed by atoms with van der Waals surface area (Å²) < 4.78 is 23.0. The average molecular weight is 304 g/mol. The number of urea groups is 1. The number of amides is 2. The number of hydrogen-bond donors (Lipinski definition) is 2. The molecule has 2 fully saturated rings. The van der Waals surface area contributed by atoms with Crippen LogP contribution in [0.4, 0.5) is 4.79 Å². The van der Waals surface area contributed by atoms with E-state index in [1.807, 2.05) is 6.92 Å². The van der Waals surface area contributed by atoms with Gasteiger partial charge in [0.15, 0.2) is 9.84 Å². The fourth-order valence-electron chi connectivity index (χ4n) is 2.53. The molecule has 114 valence electrons. The van der Waals surface area contributed by atoms with E-state index in [-0.39, 0.29) is 17.5 Å². The number of nitrogens with zero attached hydrogens (tertiary/aromatic N) is 1. The summed E-state index contributed by atoms with van der Waals surface area (Å²) in [6.45, 7) is 1.42. The van der Waals surface area contributed by atoms with E-state index in [0.717, 1.165) is 17.7 Å². The standard InChI is InChI=1S/C12H20N2O5S/c1-8(9-2-3-9)13-12(17)14(6-11(15)16)10-4-5-20(18,19)7-10/h8-10H,2-7H2,1H3,(H,13,17)(H,15,16). The number of rotatable bonds is 5. The van der Waals surface area contributed by atoms with E-state index in [4.69, 9.17) is 5.11 Å². The number of nitrogens with one attached hydrogen (secondary N) is 1. The highest BCUT2D eigenvalue weighted by molar-refractivity contribution is 7.91. The molecule has 2 aliphatic rings. The maximum Gasteiger partial charge on any atom is 0.323 e. The van der Waals surface area contributed by atoms with Gasteiger partial charge >= 0.3 is 12.0 Å². The molecule has 1 saturated heterocycles. The van der Waals surface area contributed by atoms with Gasteiger partial charge in [-0.25, -0.2) is 13.2 Å². The lowest BCUT2D eigenvalue weighted by Gasteiger charge is -2.28. The van der Waals surface area contributed by atoms with Gasteiger partial charge in [-0.15, -0.1) is 0 Å². The van der Waals surface area contributed by atoms with Crippen LogP contribution >= 0.6 is 0 Å². The number of carboxylic acids is 1. The largest absolute Gasteiger partial charge is 0.480 e. The van der Waals surface area contributed by atoms with Gasteiger partial charge in [-0.3, -0.25) is 4.79 Å². The van der Waals surface area contributed by atoms with Crippen LogP contribution in [-0.2, 0) is 14.6 Å². The van der Waals surface area contributed by atoms with Crippen LogP contribution in [0.15, 0.2) is 0 Å². The predicted octanol–water partition coefficient (Wildman–Crippen LogP) is 0.0682. The van der Waals surface area contributed by atoms with E-state index in [9.17, 15) is 18.0 Å². The Morgan fingerprint density at radius 1 is 1.35 bits per heavy atom. The Morgan fingerprint density at radius 2 is 2.00 bits per heavy atom. The van der Waals surface area contributed by atoms with Gasteiger partial charge in [0.1, 0.15) is 6.54 Å². The quantitative estimate of drug-likeness (QED) is 0.748. The van der Waals surface area contributed by atoms with Crippen molar-refractivity contribution in [1.29, 1.82) is 0 Å². The van der Waals surface area contributed by atoms with Crippen molar-refractivity contribution in [2.24, 2.45) is 5.92 Å². The predicted molar refractivity (Wildman–Crippen MR) is 72.1 cm³/mol. The fraction of sp³-hybridized carbons (Fsp3) is 0.833. The van der Waals surface area contributed by atoms with Gasteiger partial charge in [-0.2, -0.15) is 0 Å². The van der Waals surface area contributed by atoms with Crippen LogP contribution in [0.1, 0.15) is 26.2 Å². The van der Waals surface area contributed by atoms with Crippen molar-refractivity contribution in [1.82, 2.24) is 10.2 Å². The van der Waals surface area contributed by atoms with Crippen molar-refractivity contribution in [3.63, 3.8) is 0 Å². The number of carbonyl (C=O) groups excluding carboxylic acids is 1. The Labute approximate surface area is 118 Å². The Kier molecular flexibility index (Phi) is 4.22. The normalized spacial score (nSPS) is 25.9. The first-order valence-electron chi connectivity index (χ1n) is 6.78. The molecule has 0 radical (unpaired) electrons. The number of aliphatic carboxylic acids is 1. The molecule has 7 nitrogen and oxygen atoms in total. The minimum Gasteiger partial charge on any atom is -0.480 e. The van der Waals surface area contributed by atoms with Crippen LogP contribution < -0.4 is 5.32 Å². The Morgan fingerprint density at radius 3 is 2.45 bits per heavy atom. The summed E-state index contributed by atoms with van der Waals surface area (Å²) in [7, 11) is -3.16. The van der Waals surface area contributed by atoms with Crippen LogP contribution in [0.25, 0.3) is 0 Å². The second-order valence-corrected chi connectivity index (χ2v) is 7.88. The maximum absolute atomic E-state index is 12.2. The molecule has 2 unspecified atom stereocenters. The van der Waals surface area contributed by atoms with E-state index in [1.165, 1.54) is 0 Å². The van der Waals surface area contributed by atoms with Crippen LogP contribution in [0.5, 0.6) is 0 Å². The number of carbonyl (C=O) groups is 2. The van der Waals surface area contributed by atoms with Crippen molar-refractivity contribution in [3.05, 3.63) is 0 Å². The molecule has 0 aromatic heterocycles. The van der Waals surface area contributed by atoms with Crippen LogP contribution in [0.3, 0.4) is 0 Å². The van der Waals surface area contributed by atoms with Gasteiger partial charge in [0.05, 0.1) is 11.5 Å². The minimum atomic E-state index is -3.16. The number of sulfone groups is 1. The molecular weight excluding hydrogens is 284 g/mol. The van der Waals surface area contributed by atoms with Crippen LogP contribution in [0, 0.1) is 5.92 Å². The van der Waals surface area contributed by atoms with Crippen molar-refractivity contribution < 1.29 is 23.1 Å². The topological polar surface area (TPSA) is 104 Å². The van der Waals surface area contributed by atoms with Crippen LogP contribution in [-0.4, -0.2) is 60.6 Å². The lowest BCUT2D eigenvalue weighted by Crippen LogP contribution is -2.51. The van der Waals surface area contributed by atoms with Gasteiger partial charge in [-0.05, 0) is 32.1 Å². The third-order valence-electron chi connectivity index (χ3n) is 3.90. The maximum atomic E-state index is 12.2. The highest BCUT2D eigenvalue weighted by atomic mass is 32.2. The smallest absolute Gasteiger partial charge is 0.323 e. The molecule has 1 aliphatic heterocycles. The molecule has 0 bridgehead atoms. The Balaban J connectivity index is 2.02. The van der Waals surface area contributed by atoms with E-state index in [2.05, 4.69) is 5.32 Å². The molecule has 1 saturated carbocycles.